The van der Waals surface area contributed by atoms with Crippen molar-refractivity contribution in [2.75, 3.05) is 13.2 Å². The summed E-state index contributed by atoms with van der Waals surface area (Å²) in [4.78, 5) is 0. The molecule has 80 valence electrons. The van der Waals surface area contributed by atoms with E-state index in [-0.39, 0.29) is 17.6 Å². The van der Waals surface area contributed by atoms with E-state index in [1.165, 1.54) is 0 Å². The summed E-state index contributed by atoms with van der Waals surface area (Å²) in [6.45, 7) is 11.3. The second kappa shape index (κ2) is 4.97. The molecule has 0 heterocycles. The zero-order valence-electron chi connectivity index (χ0n) is 9.68. The van der Waals surface area contributed by atoms with Crippen molar-refractivity contribution in [3.8, 4) is 0 Å². The number of hydrogen-bond donors (Lipinski definition) is 1. The summed E-state index contributed by atoms with van der Waals surface area (Å²) in [5.41, 5.74) is -0.0324. The molecule has 0 aliphatic heterocycles. The van der Waals surface area contributed by atoms with Crippen LogP contribution in [0.25, 0.3) is 0 Å². The summed E-state index contributed by atoms with van der Waals surface area (Å²) in [6, 6.07) is 0. The first-order valence-corrected chi connectivity index (χ1v) is 5.08. The van der Waals surface area contributed by atoms with Gasteiger partial charge >= 0.3 is 0 Å². The minimum absolute atomic E-state index is 0.0330. The molecule has 1 N–H and O–H groups in total. The monoisotopic (exact) mass is 188 g/mol. The first-order valence-electron chi connectivity index (χ1n) is 5.08. The predicted molar refractivity (Wildman–Crippen MR) is 55.8 cm³/mol. The summed E-state index contributed by atoms with van der Waals surface area (Å²) in [5, 5.41) is 9.16. The van der Waals surface area contributed by atoms with Crippen molar-refractivity contribution in [2.24, 2.45) is 5.41 Å². The van der Waals surface area contributed by atoms with Crippen LogP contribution in [0.4, 0.5) is 0 Å². The molecule has 0 saturated carbocycles. The van der Waals surface area contributed by atoms with Crippen LogP contribution in [0.3, 0.4) is 0 Å². The van der Waals surface area contributed by atoms with Gasteiger partial charge < -0.3 is 9.84 Å². The van der Waals surface area contributed by atoms with Gasteiger partial charge in [0.25, 0.3) is 0 Å². The summed E-state index contributed by atoms with van der Waals surface area (Å²) >= 11 is 0. The van der Waals surface area contributed by atoms with Crippen molar-refractivity contribution in [1.82, 2.24) is 0 Å². The van der Waals surface area contributed by atoms with Gasteiger partial charge in [-0.05, 0) is 39.0 Å². The van der Waals surface area contributed by atoms with Gasteiger partial charge in [0, 0.05) is 13.2 Å². The van der Waals surface area contributed by atoms with E-state index in [0.717, 1.165) is 19.4 Å². The SMILES string of the molecule is CCC(C)(CO)CCOC(C)(C)C. The Hall–Kier alpha value is -0.0800. The molecular weight excluding hydrogens is 164 g/mol. The number of rotatable bonds is 5. The van der Waals surface area contributed by atoms with Crippen LogP contribution in [0, 0.1) is 5.41 Å². The molecule has 0 radical (unpaired) electrons. The summed E-state index contributed by atoms with van der Waals surface area (Å²) in [6.07, 6.45) is 1.92. The van der Waals surface area contributed by atoms with Gasteiger partial charge in [0.05, 0.1) is 5.60 Å². The Bertz CT molecular complexity index is 132. The second-order valence-corrected chi connectivity index (χ2v) is 5.03. The van der Waals surface area contributed by atoms with E-state index in [1.54, 1.807) is 0 Å². The van der Waals surface area contributed by atoms with Crippen LogP contribution in [-0.4, -0.2) is 23.9 Å². The molecule has 0 aliphatic rings. The normalized spacial score (nSPS) is 17.1. The predicted octanol–water partition coefficient (Wildman–Crippen LogP) is 2.60. The number of ether oxygens (including phenoxy) is 1. The van der Waals surface area contributed by atoms with Crippen LogP contribution >= 0.6 is 0 Å². The van der Waals surface area contributed by atoms with Crippen LogP contribution in [0.15, 0.2) is 0 Å². The van der Waals surface area contributed by atoms with Gasteiger partial charge in [-0.25, -0.2) is 0 Å². The van der Waals surface area contributed by atoms with E-state index in [2.05, 4.69) is 34.6 Å². The third kappa shape index (κ3) is 6.05. The third-order valence-corrected chi connectivity index (χ3v) is 2.48. The molecule has 2 nitrogen and oxygen atoms in total. The van der Waals surface area contributed by atoms with E-state index in [1.807, 2.05) is 0 Å². The maximum absolute atomic E-state index is 9.16. The van der Waals surface area contributed by atoms with Gasteiger partial charge in [0.1, 0.15) is 0 Å². The summed E-state index contributed by atoms with van der Waals surface area (Å²) < 4.78 is 5.62. The zero-order chi connectivity index (χ0) is 10.5. The molecule has 13 heavy (non-hydrogen) atoms. The Morgan fingerprint density at radius 3 is 2.00 bits per heavy atom. The standard InChI is InChI=1S/C11H24O2/c1-6-11(5,9-12)7-8-13-10(2,3)4/h12H,6-9H2,1-5H3. The fourth-order valence-electron chi connectivity index (χ4n) is 0.971. The third-order valence-electron chi connectivity index (χ3n) is 2.48. The lowest BCUT2D eigenvalue weighted by Gasteiger charge is -2.28. The Balaban J connectivity index is 3.74. The molecule has 0 aliphatic carbocycles. The first-order chi connectivity index (χ1) is 5.83. The molecule has 0 fully saturated rings. The fourth-order valence-corrected chi connectivity index (χ4v) is 0.971. The van der Waals surface area contributed by atoms with E-state index < -0.39 is 0 Å². The highest BCUT2D eigenvalue weighted by Gasteiger charge is 2.21. The highest BCUT2D eigenvalue weighted by molar-refractivity contribution is 4.71. The minimum Gasteiger partial charge on any atom is -0.396 e. The zero-order valence-corrected chi connectivity index (χ0v) is 9.68. The average molecular weight is 188 g/mol. The molecule has 0 bridgehead atoms. The Morgan fingerprint density at radius 1 is 1.15 bits per heavy atom. The molecule has 0 rings (SSSR count). The quantitative estimate of drug-likeness (QED) is 0.718. The maximum Gasteiger partial charge on any atom is 0.0598 e. The van der Waals surface area contributed by atoms with Gasteiger partial charge in [-0.1, -0.05) is 13.8 Å². The van der Waals surface area contributed by atoms with E-state index in [0.29, 0.717) is 0 Å². The van der Waals surface area contributed by atoms with Crippen molar-refractivity contribution in [2.45, 2.75) is 53.1 Å². The van der Waals surface area contributed by atoms with Gasteiger partial charge in [-0.2, -0.15) is 0 Å². The average Bonchev–Trinajstić information content (AvgIpc) is 2.02. The van der Waals surface area contributed by atoms with E-state index >= 15 is 0 Å². The largest absolute Gasteiger partial charge is 0.396 e. The lowest BCUT2D eigenvalue weighted by molar-refractivity contribution is -0.0244. The number of aliphatic hydroxyl groups is 1. The molecule has 0 aromatic rings. The fraction of sp³-hybridized carbons (Fsp3) is 1.00. The van der Waals surface area contributed by atoms with Gasteiger partial charge in [-0.15, -0.1) is 0 Å². The lowest BCUT2D eigenvalue weighted by Crippen LogP contribution is -2.26. The summed E-state index contributed by atoms with van der Waals surface area (Å²) in [5.74, 6) is 0. The van der Waals surface area contributed by atoms with Crippen LogP contribution in [0.2, 0.25) is 0 Å². The van der Waals surface area contributed by atoms with Crippen LogP contribution < -0.4 is 0 Å². The molecule has 2 heteroatoms. The van der Waals surface area contributed by atoms with Gasteiger partial charge in [-0.3, -0.25) is 0 Å². The van der Waals surface area contributed by atoms with Crippen LogP contribution in [0.1, 0.15) is 47.5 Å². The molecule has 0 aromatic carbocycles. The van der Waals surface area contributed by atoms with Crippen molar-refractivity contribution < 1.29 is 9.84 Å². The topological polar surface area (TPSA) is 29.5 Å². The number of hydrogen-bond acceptors (Lipinski definition) is 2. The van der Waals surface area contributed by atoms with E-state index in [4.69, 9.17) is 9.84 Å². The van der Waals surface area contributed by atoms with Crippen molar-refractivity contribution >= 4 is 0 Å². The summed E-state index contributed by atoms with van der Waals surface area (Å²) in [7, 11) is 0. The maximum atomic E-state index is 9.16. The Labute approximate surface area is 82.3 Å². The molecular formula is C11H24O2. The lowest BCUT2D eigenvalue weighted by atomic mass is 9.85. The highest BCUT2D eigenvalue weighted by atomic mass is 16.5. The van der Waals surface area contributed by atoms with Gasteiger partial charge in [0.15, 0.2) is 0 Å². The molecule has 0 spiro atoms. The Kier molecular flexibility index (Phi) is 4.93. The van der Waals surface area contributed by atoms with Crippen molar-refractivity contribution in [3.63, 3.8) is 0 Å². The molecule has 1 unspecified atom stereocenters. The van der Waals surface area contributed by atoms with Crippen LogP contribution in [-0.2, 0) is 4.74 Å². The molecule has 0 saturated heterocycles. The highest BCUT2D eigenvalue weighted by Crippen LogP contribution is 2.25. The molecule has 0 amide bonds. The Morgan fingerprint density at radius 2 is 1.69 bits per heavy atom. The molecule has 1 atom stereocenters. The first kappa shape index (κ1) is 12.9. The van der Waals surface area contributed by atoms with Crippen LogP contribution in [0.5, 0.6) is 0 Å². The molecule has 0 aromatic heterocycles. The smallest absolute Gasteiger partial charge is 0.0598 e. The van der Waals surface area contributed by atoms with Crippen molar-refractivity contribution in [1.29, 1.82) is 0 Å². The second-order valence-electron chi connectivity index (χ2n) is 5.03. The van der Waals surface area contributed by atoms with E-state index in [9.17, 15) is 0 Å². The van der Waals surface area contributed by atoms with Gasteiger partial charge in [0.2, 0.25) is 0 Å². The minimum atomic E-state index is -0.0654. The number of aliphatic hydroxyl groups excluding tert-OH is 1. The van der Waals surface area contributed by atoms with Crippen molar-refractivity contribution in [3.05, 3.63) is 0 Å².